The minimum atomic E-state index is -0.417. The number of benzene rings is 1. The molecule has 0 aliphatic rings. The van der Waals surface area contributed by atoms with Gasteiger partial charge in [-0.3, -0.25) is 4.79 Å². The number of carbonyl (C=O) groups is 1. The average Bonchev–Trinajstić information content (AvgIpc) is 2.42. The van der Waals surface area contributed by atoms with Gasteiger partial charge in [0.1, 0.15) is 0 Å². The van der Waals surface area contributed by atoms with Gasteiger partial charge in [0, 0.05) is 11.8 Å². The van der Waals surface area contributed by atoms with E-state index in [0.717, 1.165) is 6.42 Å². The third-order valence-corrected chi connectivity index (χ3v) is 3.86. The SMILES string of the molecule is CSC(C)CNC(=O)[C@@H](N)CCc1ccccc1. The maximum absolute atomic E-state index is 11.7. The number of amides is 1. The normalized spacial score (nSPS) is 13.9. The van der Waals surface area contributed by atoms with Crippen LogP contribution >= 0.6 is 11.8 Å². The number of hydrogen-bond acceptors (Lipinski definition) is 3. The van der Waals surface area contributed by atoms with Crippen molar-refractivity contribution in [1.29, 1.82) is 0 Å². The summed E-state index contributed by atoms with van der Waals surface area (Å²) in [6.45, 7) is 2.76. The molecule has 1 rings (SSSR count). The van der Waals surface area contributed by atoms with E-state index < -0.39 is 6.04 Å². The fraction of sp³-hybridized carbons (Fsp3) is 0.500. The highest BCUT2D eigenvalue weighted by Crippen LogP contribution is 2.05. The molecule has 3 nitrogen and oxygen atoms in total. The highest BCUT2D eigenvalue weighted by molar-refractivity contribution is 7.99. The zero-order valence-electron chi connectivity index (χ0n) is 11.1. The molecule has 18 heavy (non-hydrogen) atoms. The average molecular weight is 266 g/mol. The lowest BCUT2D eigenvalue weighted by Crippen LogP contribution is -2.42. The predicted octanol–water partition coefficient (Wildman–Crippen LogP) is 1.81. The smallest absolute Gasteiger partial charge is 0.236 e. The maximum atomic E-state index is 11.7. The lowest BCUT2D eigenvalue weighted by Gasteiger charge is -2.14. The Morgan fingerprint density at radius 2 is 2.06 bits per heavy atom. The number of thioether (sulfide) groups is 1. The lowest BCUT2D eigenvalue weighted by molar-refractivity contribution is -0.122. The van der Waals surface area contributed by atoms with E-state index in [9.17, 15) is 4.79 Å². The first-order chi connectivity index (χ1) is 8.63. The Balaban J connectivity index is 2.27. The number of nitrogens with two attached hydrogens (primary N) is 1. The summed E-state index contributed by atoms with van der Waals surface area (Å²) in [7, 11) is 0. The lowest BCUT2D eigenvalue weighted by atomic mass is 10.1. The van der Waals surface area contributed by atoms with Crippen LogP contribution in [0.25, 0.3) is 0 Å². The molecule has 3 N–H and O–H groups in total. The largest absolute Gasteiger partial charge is 0.354 e. The van der Waals surface area contributed by atoms with E-state index in [2.05, 4.69) is 24.4 Å². The zero-order chi connectivity index (χ0) is 13.4. The first-order valence-corrected chi connectivity index (χ1v) is 7.52. The van der Waals surface area contributed by atoms with Crippen LogP contribution in [0.4, 0.5) is 0 Å². The topological polar surface area (TPSA) is 55.1 Å². The van der Waals surface area contributed by atoms with Crippen LogP contribution in [-0.2, 0) is 11.2 Å². The zero-order valence-corrected chi connectivity index (χ0v) is 11.9. The molecule has 0 heterocycles. The molecule has 2 atom stereocenters. The van der Waals surface area contributed by atoms with E-state index in [1.54, 1.807) is 11.8 Å². The van der Waals surface area contributed by atoms with Gasteiger partial charge in [-0.05, 0) is 24.7 Å². The molecular formula is C14H22N2OS. The summed E-state index contributed by atoms with van der Waals surface area (Å²) in [5.41, 5.74) is 7.09. The van der Waals surface area contributed by atoms with Crippen LogP contribution in [0, 0.1) is 0 Å². The maximum Gasteiger partial charge on any atom is 0.236 e. The first kappa shape index (κ1) is 15.1. The van der Waals surface area contributed by atoms with Crippen LogP contribution in [0.3, 0.4) is 0 Å². The monoisotopic (exact) mass is 266 g/mol. The molecule has 4 heteroatoms. The number of nitrogens with one attached hydrogen (secondary N) is 1. The van der Waals surface area contributed by atoms with Crippen molar-refractivity contribution >= 4 is 17.7 Å². The molecule has 1 unspecified atom stereocenters. The van der Waals surface area contributed by atoms with E-state index >= 15 is 0 Å². The number of carbonyl (C=O) groups excluding carboxylic acids is 1. The molecule has 100 valence electrons. The molecule has 0 saturated heterocycles. The molecule has 1 aromatic rings. The molecule has 0 saturated carbocycles. The van der Waals surface area contributed by atoms with Gasteiger partial charge >= 0.3 is 0 Å². The Bertz CT molecular complexity index is 356. The second kappa shape index (κ2) is 8.16. The standard InChI is InChI=1S/C14H22N2OS/c1-11(18-2)10-16-14(17)13(15)9-8-12-6-4-3-5-7-12/h3-7,11,13H,8-10,15H2,1-2H3,(H,16,17)/t11?,13-/m0/s1. The van der Waals surface area contributed by atoms with Crippen molar-refractivity contribution in [1.82, 2.24) is 5.32 Å². The molecule has 0 bridgehead atoms. The third kappa shape index (κ3) is 5.56. The van der Waals surface area contributed by atoms with Gasteiger partial charge < -0.3 is 11.1 Å². The Labute approximate surface area is 114 Å². The van der Waals surface area contributed by atoms with Crippen LogP contribution in [0.2, 0.25) is 0 Å². The van der Waals surface area contributed by atoms with Crippen LogP contribution in [0.1, 0.15) is 18.9 Å². The fourth-order valence-corrected chi connectivity index (χ4v) is 1.81. The van der Waals surface area contributed by atoms with Gasteiger partial charge in [0.05, 0.1) is 6.04 Å². The van der Waals surface area contributed by atoms with Gasteiger partial charge in [-0.15, -0.1) is 0 Å². The number of hydrogen-bond donors (Lipinski definition) is 2. The molecule has 0 fully saturated rings. The number of aryl methyl sites for hydroxylation is 1. The van der Waals surface area contributed by atoms with Crippen molar-refractivity contribution in [3.8, 4) is 0 Å². The summed E-state index contributed by atoms with van der Waals surface area (Å²) in [6.07, 6.45) is 3.56. The van der Waals surface area contributed by atoms with Crippen LogP contribution in [0.15, 0.2) is 30.3 Å². The first-order valence-electron chi connectivity index (χ1n) is 6.23. The molecule has 0 aliphatic heterocycles. The van der Waals surface area contributed by atoms with E-state index in [4.69, 9.17) is 5.73 Å². The summed E-state index contributed by atoms with van der Waals surface area (Å²) in [5, 5.41) is 3.31. The molecule has 0 radical (unpaired) electrons. The minimum Gasteiger partial charge on any atom is -0.354 e. The molecule has 1 aromatic carbocycles. The van der Waals surface area contributed by atoms with Crippen molar-refractivity contribution in [3.05, 3.63) is 35.9 Å². The van der Waals surface area contributed by atoms with Gasteiger partial charge in [-0.2, -0.15) is 11.8 Å². The Kier molecular flexibility index (Phi) is 6.83. The van der Waals surface area contributed by atoms with Gasteiger partial charge in [0.2, 0.25) is 5.91 Å². The highest BCUT2D eigenvalue weighted by Gasteiger charge is 2.13. The van der Waals surface area contributed by atoms with E-state index in [1.165, 1.54) is 5.56 Å². The summed E-state index contributed by atoms with van der Waals surface area (Å²) in [5.74, 6) is -0.0492. The van der Waals surface area contributed by atoms with Gasteiger partial charge in [-0.25, -0.2) is 0 Å². The van der Waals surface area contributed by atoms with Crippen molar-refractivity contribution < 1.29 is 4.79 Å². The molecular weight excluding hydrogens is 244 g/mol. The van der Waals surface area contributed by atoms with E-state index in [1.807, 2.05) is 24.5 Å². The fourth-order valence-electron chi connectivity index (χ4n) is 1.56. The van der Waals surface area contributed by atoms with Crippen LogP contribution < -0.4 is 11.1 Å². The molecule has 0 aliphatic carbocycles. The van der Waals surface area contributed by atoms with Crippen molar-refractivity contribution in [3.63, 3.8) is 0 Å². The van der Waals surface area contributed by atoms with Crippen molar-refractivity contribution in [2.45, 2.75) is 31.1 Å². The Morgan fingerprint density at radius 3 is 2.67 bits per heavy atom. The van der Waals surface area contributed by atoms with Crippen LogP contribution in [-0.4, -0.2) is 30.0 Å². The second-order valence-electron chi connectivity index (χ2n) is 4.42. The quantitative estimate of drug-likeness (QED) is 0.791. The highest BCUT2D eigenvalue weighted by atomic mass is 32.2. The Morgan fingerprint density at radius 1 is 1.39 bits per heavy atom. The summed E-state index contributed by atoms with van der Waals surface area (Å²) in [6, 6.07) is 9.68. The van der Waals surface area contributed by atoms with Crippen LogP contribution in [0.5, 0.6) is 0 Å². The van der Waals surface area contributed by atoms with Gasteiger partial charge in [0.15, 0.2) is 0 Å². The summed E-state index contributed by atoms with van der Waals surface area (Å²) in [4.78, 5) is 11.7. The van der Waals surface area contributed by atoms with Crippen molar-refractivity contribution in [2.24, 2.45) is 5.73 Å². The molecule has 0 aromatic heterocycles. The number of rotatable bonds is 7. The Hall–Kier alpha value is -1.00. The molecule has 0 spiro atoms. The molecule has 1 amide bonds. The summed E-state index contributed by atoms with van der Waals surface area (Å²) >= 11 is 1.73. The van der Waals surface area contributed by atoms with Gasteiger partial charge in [0.25, 0.3) is 0 Å². The minimum absolute atomic E-state index is 0.0492. The van der Waals surface area contributed by atoms with E-state index in [0.29, 0.717) is 18.2 Å². The van der Waals surface area contributed by atoms with Gasteiger partial charge in [-0.1, -0.05) is 37.3 Å². The second-order valence-corrected chi connectivity index (χ2v) is 5.70. The van der Waals surface area contributed by atoms with E-state index in [-0.39, 0.29) is 5.91 Å². The third-order valence-electron chi connectivity index (χ3n) is 2.89. The summed E-state index contributed by atoms with van der Waals surface area (Å²) < 4.78 is 0. The predicted molar refractivity (Wildman–Crippen MR) is 78.7 cm³/mol. The van der Waals surface area contributed by atoms with Crippen molar-refractivity contribution in [2.75, 3.05) is 12.8 Å².